The summed E-state index contributed by atoms with van der Waals surface area (Å²) in [6.07, 6.45) is 2.53. The van der Waals surface area contributed by atoms with Gasteiger partial charge >= 0.3 is 0 Å². The molecule has 0 unspecified atom stereocenters. The lowest BCUT2D eigenvalue weighted by Crippen LogP contribution is -2.05. The molecule has 2 rings (SSSR count). The summed E-state index contributed by atoms with van der Waals surface area (Å²) in [5.41, 5.74) is 7.51. The number of halogens is 1. The number of aliphatic hydroxyl groups excluding tert-OH is 1. The molecule has 0 aliphatic carbocycles. The van der Waals surface area contributed by atoms with Gasteiger partial charge in [-0.15, -0.1) is 0 Å². The minimum Gasteiger partial charge on any atom is -0.390 e. The fourth-order valence-corrected chi connectivity index (χ4v) is 2.11. The van der Waals surface area contributed by atoms with E-state index in [4.69, 9.17) is 5.73 Å². The normalized spacial score (nSPS) is 12.1. The van der Waals surface area contributed by atoms with Crippen LogP contribution in [0.25, 0.3) is 10.9 Å². The molecule has 112 valence electrons. The van der Waals surface area contributed by atoms with Crippen molar-refractivity contribution in [1.82, 2.24) is 9.97 Å². The van der Waals surface area contributed by atoms with Crippen LogP contribution in [-0.2, 0) is 0 Å². The summed E-state index contributed by atoms with van der Waals surface area (Å²) in [7, 11) is 0. The van der Waals surface area contributed by atoms with Crippen LogP contribution >= 0.6 is 0 Å². The van der Waals surface area contributed by atoms with Crippen molar-refractivity contribution in [3.8, 4) is 0 Å². The summed E-state index contributed by atoms with van der Waals surface area (Å²) in [4.78, 5) is 12.4. The molecule has 1 aromatic heterocycles. The van der Waals surface area contributed by atoms with Crippen molar-refractivity contribution in [3.63, 3.8) is 0 Å². The van der Waals surface area contributed by atoms with Crippen molar-refractivity contribution in [1.29, 1.82) is 0 Å². The van der Waals surface area contributed by atoms with E-state index in [9.17, 15) is 9.50 Å². The molecule has 0 bridgehead atoms. The number of nitrogens with zero attached hydrogens (tertiary/aromatic N) is 3. The Hall–Kier alpha value is -2.08. The highest BCUT2D eigenvalue weighted by molar-refractivity contribution is 5.96. The number of unbranched alkanes of at least 4 members (excludes halogenated alkanes) is 1. The summed E-state index contributed by atoms with van der Waals surface area (Å²) < 4.78 is 14.1. The van der Waals surface area contributed by atoms with Gasteiger partial charge in [-0.3, -0.25) is 0 Å². The highest BCUT2D eigenvalue weighted by Crippen LogP contribution is 2.29. The molecule has 3 N–H and O–H groups in total. The average molecular weight is 290 g/mol. The molecule has 5 nitrogen and oxygen atoms in total. The summed E-state index contributed by atoms with van der Waals surface area (Å²) in [5.74, 6) is -0.219. The molecular formula is C15H19FN4O. The van der Waals surface area contributed by atoms with E-state index in [1.807, 2.05) is 6.92 Å². The highest BCUT2D eigenvalue weighted by atomic mass is 19.1. The number of aryl methyl sites for hydroxylation is 1. The quantitative estimate of drug-likeness (QED) is 0.829. The summed E-state index contributed by atoms with van der Waals surface area (Å²) >= 11 is 0. The molecule has 0 atom stereocenters. The Morgan fingerprint density at radius 2 is 2.14 bits per heavy atom. The summed E-state index contributed by atoms with van der Waals surface area (Å²) in [5, 5.41) is 9.62. The van der Waals surface area contributed by atoms with Gasteiger partial charge in [-0.1, -0.05) is 19.4 Å². The van der Waals surface area contributed by atoms with Gasteiger partial charge < -0.3 is 10.8 Å². The molecule has 0 spiro atoms. The van der Waals surface area contributed by atoms with Crippen molar-refractivity contribution in [3.05, 3.63) is 23.5 Å². The number of nitrogen functional groups attached to an aromatic ring is 1. The van der Waals surface area contributed by atoms with Crippen molar-refractivity contribution in [2.45, 2.75) is 33.1 Å². The van der Waals surface area contributed by atoms with Gasteiger partial charge in [0.25, 0.3) is 0 Å². The van der Waals surface area contributed by atoms with Crippen LogP contribution < -0.4 is 5.73 Å². The largest absolute Gasteiger partial charge is 0.390 e. The zero-order valence-corrected chi connectivity index (χ0v) is 12.2. The summed E-state index contributed by atoms with van der Waals surface area (Å²) in [6, 6.07) is 3.00. The fourth-order valence-electron chi connectivity index (χ4n) is 2.11. The number of rotatable bonds is 5. The maximum atomic E-state index is 14.1. The van der Waals surface area contributed by atoms with Crippen LogP contribution in [0.4, 0.5) is 16.2 Å². The molecule has 6 heteroatoms. The lowest BCUT2D eigenvalue weighted by molar-refractivity contribution is 0.354. The number of fused-ring (bicyclic) bond motifs is 1. The molecule has 0 saturated heterocycles. The fraction of sp³-hybridized carbons (Fsp3) is 0.400. The predicted molar refractivity (Wildman–Crippen MR) is 82.4 cm³/mol. The number of anilines is 1. The molecule has 0 amide bonds. The number of benzene rings is 1. The predicted octanol–water partition coefficient (Wildman–Crippen LogP) is 2.91. The van der Waals surface area contributed by atoms with Crippen LogP contribution in [0.3, 0.4) is 0 Å². The van der Waals surface area contributed by atoms with E-state index in [2.05, 4.69) is 21.9 Å². The van der Waals surface area contributed by atoms with E-state index in [1.54, 1.807) is 6.07 Å². The number of aliphatic hydroxyl groups is 1. The van der Waals surface area contributed by atoms with E-state index in [-0.39, 0.29) is 23.8 Å². The highest BCUT2D eigenvalue weighted by Gasteiger charge is 2.13. The maximum absolute atomic E-state index is 14.1. The topological polar surface area (TPSA) is 84.4 Å². The van der Waals surface area contributed by atoms with E-state index in [0.29, 0.717) is 17.6 Å². The second-order valence-electron chi connectivity index (χ2n) is 4.93. The Kier molecular flexibility index (Phi) is 4.80. The number of nitrogens with two attached hydrogens (primary N) is 1. The third-order valence-corrected chi connectivity index (χ3v) is 3.26. The van der Waals surface area contributed by atoms with Gasteiger partial charge in [0.1, 0.15) is 5.82 Å². The second kappa shape index (κ2) is 6.58. The standard InChI is InChI=1S/C15H19FN4O/c1-3-4-5-10(8-21)18-14-12-11(16)7-6-9(2)13(12)19-15(17)20-14/h6-7,21H,3-5,8H2,1-2H3,(H2,17,19,20)/b18-10+. The van der Waals surface area contributed by atoms with Crippen molar-refractivity contribution in [2.75, 3.05) is 12.3 Å². The van der Waals surface area contributed by atoms with E-state index in [1.165, 1.54) is 6.07 Å². The number of hydrogen-bond acceptors (Lipinski definition) is 5. The molecule has 0 saturated carbocycles. The Balaban J connectivity index is 2.62. The summed E-state index contributed by atoms with van der Waals surface area (Å²) in [6.45, 7) is 3.70. The van der Waals surface area contributed by atoms with Crippen LogP contribution in [0.15, 0.2) is 17.1 Å². The van der Waals surface area contributed by atoms with Crippen LogP contribution in [-0.4, -0.2) is 27.4 Å². The van der Waals surface area contributed by atoms with Gasteiger partial charge in [-0.25, -0.2) is 14.4 Å². The Morgan fingerprint density at radius 3 is 2.81 bits per heavy atom. The van der Waals surface area contributed by atoms with Crippen molar-refractivity contribution < 1.29 is 9.50 Å². The van der Waals surface area contributed by atoms with Crippen molar-refractivity contribution in [2.24, 2.45) is 4.99 Å². The number of hydrogen-bond donors (Lipinski definition) is 2. The monoisotopic (exact) mass is 290 g/mol. The minimum atomic E-state index is -0.442. The Bertz CT molecular complexity index is 685. The number of aromatic nitrogens is 2. The molecule has 1 heterocycles. The lowest BCUT2D eigenvalue weighted by Gasteiger charge is -2.08. The molecule has 1 aromatic carbocycles. The first-order valence-electron chi connectivity index (χ1n) is 6.96. The van der Waals surface area contributed by atoms with Gasteiger partial charge in [0.2, 0.25) is 5.95 Å². The van der Waals surface area contributed by atoms with E-state index >= 15 is 0 Å². The molecular weight excluding hydrogens is 271 g/mol. The number of aliphatic imine (C=N–C) groups is 1. The van der Waals surface area contributed by atoms with Crippen LogP contribution in [0.1, 0.15) is 31.7 Å². The SMILES string of the molecule is CCCC/C(CO)=N\c1nc(N)nc2c(C)ccc(F)c12. The molecule has 2 aromatic rings. The maximum Gasteiger partial charge on any atom is 0.222 e. The van der Waals surface area contributed by atoms with Crippen LogP contribution in [0, 0.1) is 12.7 Å². The average Bonchev–Trinajstić information content (AvgIpc) is 2.46. The smallest absolute Gasteiger partial charge is 0.222 e. The zero-order valence-electron chi connectivity index (χ0n) is 12.2. The molecule has 21 heavy (non-hydrogen) atoms. The molecule has 0 fully saturated rings. The van der Waals surface area contributed by atoms with Gasteiger partial charge in [-0.2, -0.15) is 4.98 Å². The molecule has 0 radical (unpaired) electrons. The first kappa shape index (κ1) is 15.3. The van der Waals surface area contributed by atoms with E-state index < -0.39 is 5.82 Å². The molecule has 0 aliphatic heterocycles. The van der Waals surface area contributed by atoms with Gasteiger partial charge in [0, 0.05) is 5.71 Å². The first-order valence-corrected chi connectivity index (χ1v) is 6.96. The van der Waals surface area contributed by atoms with Gasteiger partial charge in [-0.05, 0) is 31.4 Å². The van der Waals surface area contributed by atoms with Gasteiger partial charge in [0.05, 0.1) is 17.5 Å². The van der Waals surface area contributed by atoms with Gasteiger partial charge in [0.15, 0.2) is 5.82 Å². The zero-order chi connectivity index (χ0) is 15.4. The lowest BCUT2D eigenvalue weighted by atomic mass is 10.1. The van der Waals surface area contributed by atoms with E-state index in [0.717, 1.165) is 18.4 Å². The van der Waals surface area contributed by atoms with Crippen molar-refractivity contribution >= 4 is 28.4 Å². The first-order chi connectivity index (χ1) is 10.1. The Morgan fingerprint density at radius 1 is 1.38 bits per heavy atom. The third kappa shape index (κ3) is 3.33. The molecule has 0 aliphatic rings. The Labute approximate surface area is 122 Å². The van der Waals surface area contributed by atoms with Crippen LogP contribution in [0.5, 0.6) is 0 Å². The third-order valence-electron chi connectivity index (χ3n) is 3.26. The minimum absolute atomic E-state index is 0.0442. The van der Waals surface area contributed by atoms with Crippen LogP contribution in [0.2, 0.25) is 0 Å². The second-order valence-corrected chi connectivity index (χ2v) is 4.93.